The van der Waals surface area contributed by atoms with Crippen LogP contribution in [0.2, 0.25) is 0 Å². The van der Waals surface area contributed by atoms with Gasteiger partial charge in [0, 0.05) is 10.9 Å². The molecule has 0 saturated carbocycles. The molecule has 3 aromatic rings. The molecule has 1 aliphatic rings. The van der Waals surface area contributed by atoms with Gasteiger partial charge in [0.2, 0.25) is 0 Å². The summed E-state index contributed by atoms with van der Waals surface area (Å²) in [7, 11) is 0. The molecule has 0 saturated heterocycles. The van der Waals surface area contributed by atoms with Gasteiger partial charge in [0.15, 0.2) is 4.77 Å². The lowest BCUT2D eigenvalue weighted by atomic mass is 9.94. The Kier molecular flexibility index (Phi) is 3.28. The van der Waals surface area contributed by atoms with Crippen molar-refractivity contribution < 1.29 is 4.39 Å². The predicted octanol–water partition coefficient (Wildman–Crippen LogP) is 5.59. The van der Waals surface area contributed by atoms with E-state index in [1.165, 1.54) is 10.4 Å². The van der Waals surface area contributed by atoms with E-state index in [1.54, 1.807) is 23.5 Å². The summed E-state index contributed by atoms with van der Waals surface area (Å²) in [6.45, 7) is 0. The Morgan fingerprint density at radius 3 is 3.14 bits per heavy atom. The molecule has 0 aliphatic heterocycles. The number of rotatable bonds is 1. The number of thiophene rings is 1. The van der Waals surface area contributed by atoms with Crippen molar-refractivity contribution in [3.8, 4) is 0 Å². The van der Waals surface area contributed by atoms with Gasteiger partial charge in [0.1, 0.15) is 5.82 Å². The highest BCUT2D eigenvalue weighted by molar-refractivity contribution is 9.10. The average molecular weight is 383 g/mol. The number of nitrogens with zero attached hydrogens (tertiary/aromatic N) is 1. The second kappa shape index (κ2) is 5.04. The fourth-order valence-corrected chi connectivity index (χ4v) is 4.82. The van der Waals surface area contributed by atoms with Crippen molar-refractivity contribution in [1.82, 2.24) is 9.55 Å². The fraction of sp³-hybridized carbons (Fsp3) is 0.267. The van der Waals surface area contributed by atoms with Crippen LogP contribution < -0.4 is 0 Å². The Bertz CT molecular complexity index is 893. The van der Waals surface area contributed by atoms with Crippen molar-refractivity contribution in [2.45, 2.75) is 25.3 Å². The van der Waals surface area contributed by atoms with Crippen molar-refractivity contribution in [2.75, 3.05) is 0 Å². The number of hydrogen-bond donors (Lipinski definition) is 1. The van der Waals surface area contributed by atoms with Crippen molar-refractivity contribution in [1.29, 1.82) is 0 Å². The van der Waals surface area contributed by atoms with Gasteiger partial charge < -0.3 is 9.55 Å². The molecule has 108 valence electrons. The van der Waals surface area contributed by atoms with Crippen LogP contribution in [0.3, 0.4) is 0 Å². The molecule has 21 heavy (non-hydrogen) atoms. The summed E-state index contributed by atoms with van der Waals surface area (Å²) in [5.74, 6) is -0.258. The fourth-order valence-electron chi connectivity index (χ4n) is 3.16. The van der Waals surface area contributed by atoms with E-state index in [-0.39, 0.29) is 11.9 Å². The molecule has 2 heterocycles. The third kappa shape index (κ3) is 2.12. The maximum atomic E-state index is 13.9. The number of aromatic nitrogens is 2. The van der Waals surface area contributed by atoms with Gasteiger partial charge in [0.25, 0.3) is 0 Å². The lowest BCUT2D eigenvalue weighted by molar-refractivity contribution is 0.500. The lowest BCUT2D eigenvalue weighted by Crippen LogP contribution is -2.15. The lowest BCUT2D eigenvalue weighted by Gasteiger charge is -2.24. The van der Waals surface area contributed by atoms with Crippen LogP contribution in [0.5, 0.6) is 0 Å². The van der Waals surface area contributed by atoms with Crippen LogP contribution in [-0.4, -0.2) is 9.55 Å². The number of imidazole rings is 1. The van der Waals surface area contributed by atoms with Crippen molar-refractivity contribution in [3.05, 3.63) is 49.1 Å². The SMILES string of the molecule is Fc1cc2c(cc1Br)[nH]c(=S)n2C1CCCc2sccc21. The molecule has 0 bridgehead atoms. The normalized spacial score (nSPS) is 18.1. The van der Waals surface area contributed by atoms with Crippen LogP contribution >= 0.6 is 39.5 Å². The van der Waals surface area contributed by atoms with Gasteiger partial charge in [-0.3, -0.25) is 0 Å². The monoisotopic (exact) mass is 382 g/mol. The Balaban J connectivity index is 1.98. The number of halogens is 2. The second-order valence-electron chi connectivity index (χ2n) is 5.29. The largest absolute Gasteiger partial charge is 0.331 e. The second-order valence-corrected chi connectivity index (χ2v) is 7.53. The van der Waals surface area contributed by atoms with Gasteiger partial charge >= 0.3 is 0 Å². The van der Waals surface area contributed by atoms with Gasteiger partial charge in [-0.15, -0.1) is 11.3 Å². The third-order valence-electron chi connectivity index (χ3n) is 4.09. The van der Waals surface area contributed by atoms with E-state index in [0.29, 0.717) is 9.24 Å². The van der Waals surface area contributed by atoms with Gasteiger partial charge in [-0.2, -0.15) is 0 Å². The summed E-state index contributed by atoms with van der Waals surface area (Å²) in [5.41, 5.74) is 3.05. The standard InChI is InChI=1S/C15H12BrFN2S2/c16-9-6-11-13(7-10(9)17)19(15(20)18-11)12-2-1-3-14-8(12)4-5-21-14/h4-7,12H,1-3H2,(H,18,20). The van der Waals surface area contributed by atoms with Crippen LogP contribution in [0.4, 0.5) is 4.39 Å². The molecular formula is C15H12BrFN2S2. The first kappa shape index (κ1) is 13.7. The molecule has 0 radical (unpaired) electrons. The Morgan fingerprint density at radius 2 is 2.29 bits per heavy atom. The van der Waals surface area contributed by atoms with E-state index < -0.39 is 0 Å². The Morgan fingerprint density at radius 1 is 1.43 bits per heavy atom. The molecule has 1 aliphatic carbocycles. The number of hydrogen-bond acceptors (Lipinski definition) is 2. The van der Waals surface area contributed by atoms with Crippen molar-refractivity contribution >= 4 is 50.5 Å². The Labute approximate surface area is 138 Å². The highest BCUT2D eigenvalue weighted by atomic mass is 79.9. The van der Waals surface area contributed by atoms with Gasteiger partial charge in [-0.25, -0.2) is 4.39 Å². The predicted molar refractivity (Wildman–Crippen MR) is 90.2 cm³/mol. The Hall–Kier alpha value is -0.980. The van der Waals surface area contributed by atoms with E-state index in [9.17, 15) is 4.39 Å². The smallest absolute Gasteiger partial charge is 0.178 e. The topological polar surface area (TPSA) is 20.7 Å². The van der Waals surface area contributed by atoms with Gasteiger partial charge in [0.05, 0.1) is 21.5 Å². The molecule has 0 fully saturated rings. The molecule has 6 heteroatoms. The molecule has 2 aromatic heterocycles. The summed E-state index contributed by atoms with van der Waals surface area (Å²) in [4.78, 5) is 4.63. The van der Waals surface area contributed by atoms with E-state index in [2.05, 4.69) is 36.9 Å². The van der Waals surface area contributed by atoms with Crippen molar-refractivity contribution in [2.24, 2.45) is 0 Å². The van der Waals surface area contributed by atoms with E-state index in [4.69, 9.17) is 12.2 Å². The molecule has 0 amide bonds. The van der Waals surface area contributed by atoms with Crippen LogP contribution in [0.1, 0.15) is 29.3 Å². The van der Waals surface area contributed by atoms with Crippen LogP contribution in [-0.2, 0) is 6.42 Å². The van der Waals surface area contributed by atoms with Gasteiger partial charge in [-0.1, -0.05) is 0 Å². The first-order valence-corrected chi connectivity index (χ1v) is 8.89. The van der Waals surface area contributed by atoms with Crippen LogP contribution in [0.25, 0.3) is 11.0 Å². The molecule has 1 unspecified atom stereocenters. The number of nitrogens with one attached hydrogen (secondary N) is 1. The van der Waals surface area contributed by atoms with Crippen molar-refractivity contribution in [3.63, 3.8) is 0 Å². The first-order valence-electron chi connectivity index (χ1n) is 6.80. The molecule has 4 rings (SSSR count). The molecule has 1 N–H and O–H groups in total. The van der Waals surface area contributed by atoms with E-state index >= 15 is 0 Å². The zero-order valence-corrected chi connectivity index (χ0v) is 14.2. The summed E-state index contributed by atoms with van der Waals surface area (Å²) in [6.07, 6.45) is 3.33. The molecular weight excluding hydrogens is 371 g/mol. The summed E-state index contributed by atoms with van der Waals surface area (Å²) < 4.78 is 17.1. The summed E-state index contributed by atoms with van der Waals surface area (Å²) in [6, 6.07) is 5.71. The molecule has 0 spiro atoms. The number of H-pyrrole nitrogens is 1. The summed E-state index contributed by atoms with van der Waals surface area (Å²) in [5, 5.41) is 2.14. The van der Waals surface area contributed by atoms with Crippen LogP contribution in [0, 0.1) is 10.6 Å². The third-order valence-corrected chi connectivity index (χ3v) is 5.99. The highest BCUT2D eigenvalue weighted by Crippen LogP contribution is 2.38. The molecule has 2 nitrogen and oxygen atoms in total. The molecule has 1 aromatic carbocycles. The number of fused-ring (bicyclic) bond motifs is 2. The minimum absolute atomic E-state index is 0.210. The zero-order valence-electron chi connectivity index (χ0n) is 11.0. The molecule has 1 atom stereocenters. The van der Waals surface area contributed by atoms with E-state index in [0.717, 1.165) is 30.3 Å². The quantitative estimate of drug-likeness (QED) is 0.544. The minimum Gasteiger partial charge on any atom is -0.331 e. The average Bonchev–Trinajstić information content (AvgIpc) is 3.03. The number of aryl methyl sites for hydroxylation is 1. The summed E-state index contributed by atoms with van der Waals surface area (Å²) >= 11 is 10.5. The maximum Gasteiger partial charge on any atom is 0.178 e. The van der Waals surface area contributed by atoms with Gasteiger partial charge in [-0.05, 0) is 70.5 Å². The minimum atomic E-state index is -0.258. The van der Waals surface area contributed by atoms with Crippen LogP contribution in [0.15, 0.2) is 28.1 Å². The van der Waals surface area contributed by atoms with E-state index in [1.807, 2.05) is 0 Å². The zero-order chi connectivity index (χ0) is 14.6. The first-order chi connectivity index (χ1) is 10.1. The highest BCUT2D eigenvalue weighted by Gasteiger charge is 2.25. The number of benzene rings is 1. The maximum absolute atomic E-state index is 13.9. The number of aromatic amines is 1.